The molecule has 0 N–H and O–H groups in total. The second kappa shape index (κ2) is 5.52. The Morgan fingerprint density at radius 1 is 0.852 bits per heavy atom. The van der Waals surface area contributed by atoms with E-state index in [0.717, 1.165) is 11.3 Å². The van der Waals surface area contributed by atoms with E-state index < -0.39 is 23.6 Å². The minimum Gasteiger partial charge on any atom is -0.336 e. The van der Waals surface area contributed by atoms with E-state index in [4.69, 9.17) is 11.6 Å². The topological polar surface area (TPSA) is 3.24 Å². The third kappa shape index (κ3) is 2.13. The monoisotopic (exact) mass is 385 g/mol. The molecule has 0 radical (unpaired) electrons. The number of fused-ring (bicyclic) bond motifs is 3. The van der Waals surface area contributed by atoms with Gasteiger partial charge in [-0.15, -0.1) is 0 Å². The number of benzene rings is 3. The zero-order valence-electron chi connectivity index (χ0n) is 14.1. The molecule has 0 spiro atoms. The molecule has 0 aromatic heterocycles. The molecule has 3 aromatic carbocycles. The average Bonchev–Trinajstić information content (AvgIpc) is 3.23. The van der Waals surface area contributed by atoms with Crippen LogP contribution < -0.4 is 4.90 Å². The summed E-state index contributed by atoms with van der Waals surface area (Å²) in [6, 6.07) is 22.0. The number of hydrogen-bond donors (Lipinski definition) is 0. The molecule has 1 fully saturated rings. The van der Waals surface area contributed by atoms with Crippen molar-refractivity contribution in [2.45, 2.75) is 23.6 Å². The maximum Gasteiger partial charge on any atom is 0.401 e. The van der Waals surface area contributed by atoms with Crippen molar-refractivity contribution < 1.29 is 13.2 Å². The third-order valence-corrected chi connectivity index (χ3v) is 6.02. The molecule has 27 heavy (non-hydrogen) atoms. The molecule has 1 heterocycles. The van der Waals surface area contributed by atoms with Crippen molar-refractivity contribution >= 4 is 23.0 Å². The molecule has 0 saturated heterocycles. The van der Waals surface area contributed by atoms with Gasteiger partial charge < -0.3 is 4.90 Å². The molecule has 2 aliphatic rings. The highest BCUT2D eigenvalue weighted by molar-refractivity contribution is 6.30. The van der Waals surface area contributed by atoms with Gasteiger partial charge in [0.15, 0.2) is 0 Å². The Kier molecular flexibility index (Phi) is 3.41. The minimum atomic E-state index is -4.37. The van der Waals surface area contributed by atoms with Gasteiger partial charge in [-0.1, -0.05) is 66.2 Å². The normalized spacial score (nSPS) is 25.9. The Balaban J connectivity index is 1.75. The molecule has 5 heteroatoms. The van der Waals surface area contributed by atoms with E-state index in [0.29, 0.717) is 16.3 Å². The number of rotatable bonds is 2. The number of anilines is 2. The van der Waals surface area contributed by atoms with Gasteiger partial charge in [0.05, 0.1) is 6.04 Å². The van der Waals surface area contributed by atoms with Crippen molar-refractivity contribution in [2.24, 2.45) is 0 Å². The summed E-state index contributed by atoms with van der Waals surface area (Å²) in [6.07, 6.45) is -4.37. The Labute approximate surface area is 160 Å². The van der Waals surface area contributed by atoms with Gasteiger partial charge in [-0.3, -0.25) is 0 Å². The second-order valence-electron chi connectivity index (χ2n) is 7.06. The van der Waals surface area contributed by atoms with Crippen LogP contribution in [-0.2, 0) is 5.41 Å². The first-order valence-electron chi connectivity index (χ1n) is 8.72. The number of hydrogen-bond acceptors (Lipinski definition) is 1. The van der Waals surface area contributed by atoms with Crippen LogP contribution in [-0.4, -0.2) is 12.2 Å². The predicted octanol–water partition coefficient (Wildman–Crippen LogP) is 6.46. The number of halogens is 4. The van der Waals surface area contributed by atoms with Crippen LogP contribution in [0.15, 0.2) is 78.9 Å². The highest BCUT2D eigenvalue weighted by atomic mass is 35.5. The van der Waals surface area contributed by atoms with E-state index >= 15 is 0 Å². The Morgan fingerprint density at radius 3 is 2.26 bits per heavy atom. The SMILES string of the molecule is FC(F)(F)[C@]1(c2ccccc2)[C@H]2c3ccccc3N(c3cccc(Cl)c3)[C@H]21. The molecular formula is C22H15ClF3N. The summed E-state index contributed by atoms with van der Waals surface area (Å²) in [5.74, 6) is -0.630. The Morgan fingerprint density at radius 2 is 1.56 bits per heavy atom. The van der Waals surface area contributed by atoms with Crippen LogP contribution in [0.4, 0.5) is 24.5 Å². The highest BCUT2D eigenvalue weighted by Gasteiger charge is 2.83. The van der Waals surface area contributed by atoms with E-state index in [1.165, 1.54) is 0 Å². The van der Waals surface area contributed by atoms with Gasteiger partial charge in [-0.25, -0.2) is 0 Å². The fourth-order valence-corrected chi connectivity index (χ4v) is 4.94. The lowest BCUT2D eigenvalue weighted by atomic mass is 9.87. The molecule has 1 aliphatic heterocycles. The number of para-hydroxylation sites is 1. The number of nitrogens with zero attached hydrogens (tertiary/aromatic N) is 1. The summed E-state index contributed by atoms with van der Waals surface area (Å²) in [5.41, 5.74) is 0.651. The van der Waals surface area contributed by atoms with E-state index in [1.807, 2.05) is 35.2 Å². The van der Waals surface area contributed by atoms with Crippen molar-refractivity contribution in [2.75, 3.05) is 4.90 Å². The molecule has 3 atom stereocenters. The van der Waals surface area contributed by atoms with Crippen LogP contribution in [0.25, 0.3) is 0 Å². The lowest BCUT2D eigenvalue weighted by Crippen LogP contribution is -2.39. The maximum atomic E-state index is 14.5. The van der Waals surface area contributed by atoms with Gasteiger partial charge in [0.25, 0.3) is 0 Å². The van der Waals surface area contributed by atoms with Gasteiger partial charge in [-0.2, -0.15) is 13.2 Å². The fourth-order valence-electron chi connectivity index (χ4n) is 4.76. The summed E-state index contributed by atoms with van der Waals surface area (Å²) in [4.78, 5) is 1.81. The summed E-state index contributed by atoms with van der Waals surface area (Å²) >= 11 is 6.14. The summed E-state index contributed by atoms with van der Waals surface area (Å²) in [6.45, 7) is 0. The van der Waals surface area contributed by atoms with Gasteiger partial charge in [0, 0.05) is 22.3 Å². The standard InChI is InChI=1S/C22H15ClF3N/c23-15-9-6-10-16(13-15)27-18-12-5-4-11-17(18)19-20(27)21(19,22(24,25)26)14-7-2-1-3-8-14/h1-13,19-20H/t19-,20+,21+/m0/s1. The van der Waals surface area contributed by atoms with E-state index in [1.54, 1.807) is 48.5 Å². The third-order valence-electron chi connectivity index (χ3n) is 5.78. The lowest BCUT2D eigenvalue weighted by Gasteiger charge is -2.32. The molecule has 0 amide bonds. The van der Waals surface area contributed by atoms with Crippen molar-refractivity contribution in [3.63, 3.8) is 0 Å². The predicted molar refractivity (Wildman–Crippen MR) is 101 cm³/mol. The van der Waals surface area contributed by atoms with Crippen LogP contribution in [0, 0.1) is 0 Å². The quantitative estimate of drug-likeness (QED) is 0.489. The second-order valence-corrected chi connectivity index (χ2v) is 7.50. The molecule has 136 valence electrons. The van der Waals surface area contributed by atoms with Crippen molar-refractivity contribution in [1.29, 1.82) is 0 Å². The lowest BCUT2D eigenvalue weighted by molar-refractivity contribution is -0.163. The summed E-state index contributed by atoms with van der Waals surface area (Å²) in [7, 11) is 0. The Bertz CT molecular complexity index is 1020. The van der Waals surface area contributed by atoms with Crippen molar-refractivity contribution in [3.05, 3.63) is 95.0 Å². The molecular weight excluding hydrogens is 371 g/mol. The maximum absolute atomic E-state index is 14.5. The van der Waals surface area contributed by atoms with Crippen LogP contribution in [0.3, 0.4) is 0 Å². The first-order chi connectivity index (χ1) is 13.0. The van der Waals surface area contributed by atoms with Gasteiger partial charge >= 0.3 is 6.18 Å². The van der Waals surface area contributed by atoms with Gasteiger partial charge in [0.2, 0.25) is 0 Å². The first-order valence-corrected chi connectivity index (χ1v) is 9.10. The Hall–Kier alpha value is -2.46. The molecule has 1 nitrogen and oxygen atoms in total. The molecule has 0 bridgehead atoms. The summed E-state index contributed by atoms with van der Waals surface area (Å²) < 4.78 is 43.5. The largest absolute Gasteiger partial charge is 0.401 e. The molecule has 3 aromatic rings. The van der Waals surface area contributed by atoms with Crippen molar-refractivity contribution in [1.82, 2.24) is 0 Å². The molecule has 1 aliphatic carbocycles. The van der Waals surface area contributed by atoms with E-state index in [2.05, 4.69) is 0 Å². The fraction of sp³-hybridized carbons (Fsp3) is 0.182. The summed E-state index contributed by atoms with van der Waals surface area (Å²) in [5, 5.41) is 0.506. The average molecular weight is 386 g/mol. The zero-order chi connectivity index (χ0) is 18.8. The van der Waals surface area contributed by atoms with E-state index in [-0.39, 0.29) is 0 Å². The van der Waals surface area contributed by atoms with Crippen LogP contribution in [0.1, 0.15) is 17.0 Å². The molecule has 1 saturated carbocycles. The van der Waals surface area contributed by atoms with Crippen molar-refractivity contribution in [3.8, 4) is 0 Å². The number of alkyl halides is 3. The van der Waals surface area contributed by atoms with Gasteiger partial charge in [0.1, 0.15) is 5.41 Å². The zero-order valence-corrected chi connectivity index (χ0v) is 14.9. The minimum absolute atomic E-state index is 0.314. The highest BCUT2D eigenvalue weighted by Crippen LogP contribution is 2.75. The van der Waals surface area contributed by atoms with Crippen LogP contribution in [0.5, 0.6) is 0 Å². The first kappa shape index (κ1) is 16.7. The van der Waals surface area contributed by atoms with E-state index in [9.17, 15) is 13.2 Å². The van der Waals surface area contributed by atoms with Gasteiger partial charge in [-0.05, 0) is 35.4 Å². The molecule has 5 rings (SSSR count). The van der Waals surface area contributed by atoms with Crippen LogP contribution >= 0.6 is 11.6 Å². The molecule has 0 unspecified atom stereocenters. The smallest absolute Gasteiger partial charge is 0.336 e. The van der Waals surface area contributed by atoms with Crippen LogP contribution in [0.2, 0.25) is 5.02 Å².